The molecular formula is C13H10F4N2O3. The molecule has 0 bridgehead atoms. The predicted octanol–water partition coefficient (Wildman–Crippen LogP) is 3.30. The van der Waals surface area contributed by atoms with Gasteiger partial charge < -0.3 is 9.15 Å². The fraction of sp³-hybridized carbons (Fsp3) is 0.231. The van der Waals surface area contributed by atoms with E-state index in [0.29, 0.717) is 0 Å². The highest BCUT2D eigenvalue weighted by molar-refractivity contribution is 5.96. The lowest BCUT2D eigenvalue weighted by Crippen LogP contribution is -2.29. The Kier molecular flexibility index (Phi) is 4.07. The van der Waals surface area contributed by atoms with Gasteiger partial charge in [-0.3, -0.25) is 10.1 Å². The summed E-state index contributed by atoms with van der Waals surface area (Å²) in [4.78, 5) is 14.9. The highest BCUT2D eigenvalue weighted by atomic mass is 19.4. The Labute approximate surface area is 121 Å². The third kappa shape index (κ3) is 3.18. The van der Waals surface area contributed by atoms with Gasteiger partial charge in [0.2, 0.25) is 5.88 Å². The van der Waals surface area contributed by atoms with Gasteiger partial charge in [-0.1, -0.05) is 0 Å². The Morgan fingerprint density at radius 2 is 2.05 bits per heavy atom. The number of amides is 1. The van der Waals surface area contributed by atoms with E-state index in [1.165, 1.54) is 26.2 Å². The lowest BCUT2D eigenvalue weighted by Gasteiger charge is -2.07. The van der Waals surface area contributed by atoms with Gasteiger partial charge in [-0.2, -0.15) is 13.2 Å². The molecule has 2 rings (SSSR count). The van der Waals surface area contributed by atoms with Crippen LogP contribution in [0, 0.1) is 12.7 Å². The fourth-order valence-corrected chi connectivity index (χ4v) is 1.69. The maximum atomic E-state index is 13.4. The number of halogens is 4. The lowest BCUT2D eigenvalue weighted by atomic mass is 10.1. The first-order valence-corrected chi connectivity index (χ1v) is 5.92. The first-order valence-electron chi connectivity index (χ1n) is 5.92. The molecule has 5 nitrogen and oxygen atoms in total. The monoisotopic (exact) mass is 318 g/mol. The van der Waals surface area contributed by atoms with Crippen LogP contribution >= 0.6 is 0 Å². The van der Waals surface area contributed by atoms with E-state index < -0.39 is 23.8 Å². The van der Waals surface area contributed by atoms with Gasteiger partial charge in [-0.05, 0) is 18.2 Å². The number of methoxy groups -OCH3 is 1. The summed E-state index contributed by atoms with van der Waals surface area (Å²) in [5.41, 5.74) is 0.168. The summed E-state index contributed by atoms with van der Waals surface area (Å²) in [6, 6.07) is 3.57. The van der Waals surface area contributed by atoms with Crippen LogP contribution in [-0.4, -0.2) is 24.2 Å². The number of anilines is 1. The van der Waals surface area contributed by atoms with Gasteiger partial charge in [-0.15, -0.1) is 0 Å². The van der Waals surface area contributed by atoms with E-state index in [9.17, 15) is 22.4 Å². The second-order valence-corrected chi connectivity index (χ2v) is 4.21. The van der Waals surface area contributed by atoms with E-state index >= 15 is 0 Å². The third-order valence-corrected chi connectivity index (χ3v) is 2.64. The minimum absolute atomic E-state index is 0.0377. The number of carbonyl (C=O) groups is 1. The molecule has 0 aliphatic heterocycles. The topological polar surface area (TPSA) is 64.4 Å². The number of nitrogens with one attached hydrogen (secondary N) is 1. The van der Waals surface area contributed by atoms with Crippen LogP contribution in [0.15, 0.2) is 22.6 Å². The zero-order chi connectivity index (χ0) is 16.5. The molecule has 1 heterocycles. The van der Waals surface area contributed by atoms with Crippen LogP contribution in [0.1, 0.15) is 5.89 Å². The summed E-state index contributed by atoms with van der Waals surface area (Å²) in [5, 5.41) is 1.59. The molecular weight excluding hydrogens is 308 g/mol. The molecule has 1 aromatic carbocycles. The van der Waals surface area contributed by atoms with Crippen LogP contribution in [-0.2, 0) is 4.79 Å². The van der Waals surface area contributed by atoms with Crippen molar-refractivity contribution in [3.8, 4) is 17.0 Å². The van der Waals surface area contributed by atoms with Crippen LogP contribution in [0.4, 0.5) is 23.4 Å². The molecule has 0 fully saturated rings. The Morgan fingerprint density at radius 3 is 2.64 bits per heavy atom. The maximum absolute atomic E-state index is 13.4. The summed E-state index contributed by atoms with van der Waals surface area (Å²) in [5.74, 6) is -3.40. The molecule has 2 aromatic rings. The molecule has 1 aromatic heterocycles. The predicted molar refractivity (Wildman–Crippen MR) is 67.9 cm³/mol. The number of oxazole rings is 1. The first-order chi connectivity index (χ1) is 10.2. The molecule has 0 saturated carbocycles. The van der Waals surface area contributed by atoms with E-state index in [1.807, 2.05) is 0 Å². The highest BCUT2D eigenvalue weighted by Gasteiger charge is 2.40. The number of carbonyl (C=O) groups excluding carboxylic acids is 1. The molecule has 118 valence electrons. The van der Waals surface area contributed by atoms with Crippen LogP contribution in [0.5, 0.6) is 5.75 Å². The quantitative estimate of drug-likeness (QED) is 0.882. The molecule has 0 radical (unpaired) electrons. The van der Waals surface area contributed by atoms with Gasteiger partial charge in [0, 0.05) is 12.5 Å². The molecule has 0 aliphatic carbocycles. The highest BCUT2D eigenvalue weighted by Crippen LogP contribution is 2.32. The van der Waals surface area contributed by atoms with Crippen LogP contribution in [0.25, 0.3) is 11.3 Å². The number of rotatable bonds is 3. The van der Waals surface area contributed by atoms with Gasteiger partial charge in [-0.25, -0.2) is 9.37 Å². The maximum Gasteiger partial charge on any atom is 0.471 e. The van der Waals surface area contributed by atoms with Crippen LogP contribution in [0.2, 0.25) is 0 Å². The molecule has 9 heteroatoms. The van der Waals surface area contributed by atoms with Crippen molar-refractivity contribution in [1.82, 2.24) is 4.98 Å². The Balaban J connectivity index is 2.42. The summed E-state index contributed by atoms with van der Waals surface area (Å²) < 4.78 is 60.0. The van der Waals surface area contributed by atoms with Crippen molar-refractivity contribution in [3.05, 3.63) is 29.9 Å². The van der Waals surface area contributed by atoms with Crippen molar-refractivity contribution >= 4 is 11.8 Å². The van der Waals surface area contributed by atoms with Gasteiger partial charge in [0.25, 0.3) is 0 Å². The number of hydrogen-bond donors (Lipinski definition) is 1. The van der Waals surface area contributed by atoms with Crippen molar-refractivity contribution < 1.29 is 31.5 Å². The second kappa shape index (κ2) is 5.66. The summed E-state index contributed by atoms with van der Waals surface area (Å²) in [6.07, 6.45) is -5.07. The molecule has 0 aliphatic rings. The second-order valence-electron chi connectivity index (χ2n) is 4.21. The average molecular weight is 318 g/mol. The zero-order valence-corrected chi connectivity index (χ0v) is 11.4. The van der Waals surface area contributed by atoms with Crippen molar-refractivity contribution in [2.45, 2.75) is 13.1 Å². The van der Waals surface area contributed by atoms with E-state index in [0.717, 1.165) is 6.07 Å². The summed E-state index contributed by atoms with van der Waals surface area (Å²) in [6.45, 7) is 1.40. The van der Waals surface area contributed by atoms with E-state index in [4.69, 9.17) is 9.15 Å². The van der Waals surface area contributed by atoms with Gasteiger partial charge in [0.05, 0.1) is 7.11 Å². The number of nitrogens with zero attached hydrogens (tertiary/aromatic N) is 1. The smallest absolute Gasteiger partial charge is 0.471 e. The van der Waals surface area contributed by atoms with Crippen molar-refractivity contribution in [3.63, 3.8) is 0 Å². The Bertz CT molecular complexity index is 710. The number of aromatic nitrogens is 1. The van der Waals surface area contributed by atoms with E-state index in [-0.39, 0.29) is 22.9 Å². The fourth-order valence-electron chi connectivity index (χ4n) is 1.69. The molecule has 22 heavy (non-hydrogen) atoms. The van der Waals surface area contributed by atoms with E-state index in [1.54, 1.807) is 5.32 Å². The minimum atomic E-state index is -5.07. The Morgan fingerprint density at radius 1 is 1.36 bits per heavy atom. The normalized spacial score (nSPS) is 11.4. The average Bonchev–Trinajstić information content (AvgIpc) is 2.79. The molecule has 1 N–H and O–H groups in total. The zero-order valence-electron chi connectivity index (χ0n) is 11.4. The van der Waals surface area contributed by atoms with Crippen molar-refractivity contribution in [1.29, 1.82) is 0 Å². The van der Waals surface area contributed by atoms with Crippen molar-refractivity contribution in [2.75, 3.05) is 12.4 Å². The number of hydrogen-bond acceptors (Lipinski definition) is 4. The molecule has 0 unspecified atom stereocenters. The number of aryl methyl sites for hydroxylation is 1. The minimum Gasteiger partial charge on any atom is -0.494 e. The molecule has 1 amide bonds. The lowest BCUT2D eigenvalue weighted by molar-refractivity contribution is -0.167. The SMILES string of the molecule is COc1cc(-c2nc(C)oc2NC(=O)C(F)(F)F)ccc1F. The molecule has 0 spiro atoms. The standard InChI is InChI=1S/C13H10F4N2O3/c1-6-18-10(7-3-4-8(14)9(5-7)21-2)11(22-6)19-12(20)13(15,16)17/h3-5H,1-2H3,(H,19,20). The van der Waals surface area contributed by atoms with Gasteiger partial charge >= 0.3 is 12.1 Å². The molecule has 0 atom stereocenters. The number of benzene rings is 1. The first kappa shape index (κ1) is 15.8. The van der Waals surface area contributed by atoms with Crippen LogP contribution in [0.3, 0.4) is 0 Å². The van der Waals surface area contributed by atoms with Crippen molar-refractivity contribution in [2.24, 2.45) is 0 Å². The summed E-state index contributed by atoms with van der Waals surface area (Å²) in [7, 11) is 1.24. The third-order valence-electron chi connectivity index (χ3n) is 2.64. The van der Waals surface area contributed by atoms with E-state index in [2.05, 4.69) is 4.98 Å². The summed E-state index contributed by atoms with van der Waals surface area (Å²) >= 11 is 0. The van der Waals surface area contributed by atoms with Crippen LogP contribution < -0.4 is 10.1 Å². The van der Waals surface area contributed by atoms with Gasteiger partial charge in [0.1, 0.15) is 5.69 Å². The molecule has 0 saturated heterocycles. The largest absolute Gasteiger partial charge is 0.494 e. The Hall–Kier alpha value is -2.58. The van der Waals surface area contributed by atoms with Gasteiger partial charge in [0.15, 0.2) is 17.5 Å². The number of ether oxygens (including phenoxy) is 1. The number of alkyl halides is 3.